The zero-order valence-corrected chi connectivity index (χ0v) is 14.6. The molecule has 0 aliphatic rings. The maximum atomic E-state index is 12.2. The number of nitrogens with one attached hydrogen (secondary N) is 2. The van der Waals surface area contributed by atoms with Crippen molar-refractivity contribution in [2.45, 2.75) is 27.7 Å². The van der Waals surface area contributed by atoms with Crippen LogP contribution in [-0.2, 0) is 16.6 Å². The van der Waals surface area contributed by atoms with Crippen LogP contribution in [0.25, 0.3) is 0 Å². The molecule has 7 nitrogen and oxygen atoms in total. The lowest BCUT2D eigenvalue weighted by atomic mass is 10.2. The molecule has 24 heavy (non-hydrogen) atoms. The molecule has 1 heterocycles. The van der Waals surface area contributed by atoms with E-state index in [1.165, 1.54) is 6.92 Å². The third-order valence-electron chi connectivity index (χ3n) is 3.58. The second-order valence-corrected chi connectivity index (χ2v) is 5.69. The summed E-state index contributed by atoms with van der Waals surface area (Å²) < 4.78 is 7.30. The molecule has 7 heteroatoms. The standard InChI is InChI=1S/C17H22N4O3/c1-10-6-7-14(18-13(4)22)15(8-10)24-9-16(23)19-17-11(2)20-21(5)12(17)3/h6-8H,9H2,1-5H3,(H,18,22)(H,19,23). The molecule has 0 saturated carbocycles. The first-order valence-electron chi connectivity index (χ1n) is 7.59. The van der Waals surface area contributed by atoms with Gasteiger partial charge in [0.1, 0.15) is 5.75 Å². The maximum absolute atomic E-state index is 12.2. The normalized spacial score (nSPS) is 10.4. The van der Waals surface area contributed by atoms with E-state index in [0.717, 1.165) is 17.0 Å². The lowest BCUT2D eigenvalue weighted by Crippen LogP contribution is -2.21. The van der Waals surface area contributed by atoms with Crippen LogP contribution in [0.3, 0.4) is 0 Å². The first-order valence-corrected chi connectivity index (χ1v) is 7.59. The molecule has 0 saturated heterocycles. The van der Waals surface area contributed by atoms with Gasteiger partial charge in [0.15, 0.2) is 6.61 Å². The topological polar surface area (TPSA) is 85.2 Å². The molecule has 0 aliphatic carbocycles. The van der Waals surface area contributed by atoms with Crippen molar-refractivity contribution in [3.05, 3.63) is 35.2 Å². The maximum Gasteiger partial charge on any atom is 0.262 e. The van der Waals surface area contributed by atoms with Gasteiger partial charge in [0.2, 0.25) is 5.91 Å². The van der Waals surface area contributed by atoms with E-state index in [9.17, 15) is 9.59 Å². The first kappa shape index (κ1) is 17.5. The highest BCUT2D eigenvalue weighted by Crippen LogP contribution is 2.26. The monoisotopic (exact) mass is 330 g/mol. The van der Waals surface area contributed by atoms with Gasteiger partial charge in [-0.1, -0.05) is 6.07 Å². The van der Waals surface area contributed by atoms with Gasteiger partial charge in [0.05, 0.1) is 22.8 Å². The van der Waals surface area contributed by atoms with Crippen molar-refractivity contribution < 1.29 is 14.3 Å². The Morgan fingerprint density at radius 2 is 1.92 bits per heavy atom. The van der Waals surface area contributed by atoms with Crippen LogP contribution in [0.1, 0.15) is 23.9 Å². The lowest BCUT2D eigenvalue weighted by molar-refractivity contribution is -0.118. The summed E-state index contributed by atoms with van der Waals surface area (Å²) in [4.78, 5) is 23.4. The highest BCUT2D eigenvalue weighted by atomic mass is 16.5. The van der Waals surface area contributed by atoms with Crippen molar-refractivity contribution in [1.82, 2.24) is 9.78 Å². The molecule has 1 aromatic carbocycles. The smallest absolute Gasteiger partial charge is 0.262 e. The van der Waals surface area contributed by atoms with Crippen molar-refractivity contribution in [2.24, 2.45) is 7.05 Å². The van der Waals surface area contributed by atoms with Gasteiger partial charge in [-0.15, -0.1) is 0 Å². The van der Waals surface area contributed by atoms with E-state index in [1.807, 2.05) is 33.9 Å². The van der Waals surface area contributed by atoms with Gasteiger partial charge >= 0.3 is 0 Å². The average Bonchev–Trinajstić information content (AvgIpc) is 2.73. The third kappa shape index (κ3) is 4.13. The van der Waals surface area contributed by atoms with Gasteiger partial charge < -0.3 is 15.4 Å². The van der Waals surface area contributed by atoms with Gasteiger partial charge in [-0.05, 0) is 38.5 Å². The molecule has 2 rings (SSSR count). The molecule has 0 bridgehead atoms. The van der Waals surface area contributed by atoms with Gasteiger partial charge in [0.25, 0.3) is 5.91 Å². The Balaban J connectivity index is 2.06. The molecule has 0 radical (unpaired) electrons. The number of carbonyl (C=O) groups excluding carboxylic acids is 2. The summed E-state index contributed by atoms with van der Waals surface area (Å²) in [5.74, 6) is -0.0285. The predicted molar refractivity (Wildman–Crippen MR) is 92.3 cm³/mol. The van der Waals surface area contributed by atoms with Gasteiger partial charge in [-0.2, -0.15) is 5.10 Å². The van der Waals surface area contributed by atoms with Crippen molar-refractivity contribution in [1.29, 1.82) is 0 Å². The zero-order chi connectivity index (χ0) is 17.9. The van der Waals surface area contributed by atoms with Crippen LogP contribution in [0.4, 0.5) is 11.4 Å². The second kappa shape index (κ2) is 7.16. The number of benzene rings is 1. The fourth-order valence-electron chi connectivity index (χ4n) is 2.32. The molecule has 0 fully saturated rings. The average molecular weight is 330 g/mol. The fourth-order valence-corrected chi connectivity index (χ4v) is 2.32. The summed E-state index contributed by atoms with van der Waals surface area (Å²) in [6.07, 6.45) is 0. The van der Waals surface area contributed by atoms with Crippen LogP contribution in [-0.4, -0.2) is 28.2 Å². The van der Waals surface area contributed by atoms with Crippen molar-refractivity contribution >= 4 is 23.2 Å². The van der Waals surface area contributed by atoms with E-state index in [4.69, 9.17) is 4.74 Å². The SMILES string of the molecule is CC(=O)Nc1ccc(C)cc1OCC(=O)Nc1c(C)nn(C)c1C. The molecule has 0 unspecified atom stereocenters. The molecule has 2 N–H and O–H groups in total. The molecular weight excluding hydrogens is 308 g/mol. The van der Waals surface area contributed by atoms with Gasteiger partial charge in [-0.25, -0.2) is 0 Å². The predicted octanol–water partition coefficient (Wildman–Crippen LogP) is 2.32. The minimum Gasteiger partial charge on any atom is -0.482 e. The molecule has 0 spiro atoms. The number of nitrogens with zero attached hydrogens (tertiary/aromatic N) is 2. The van der Waals surface area contributed by atoms with E-state index in [0.29, 0.717) is 17.1 Å². The minimum atomic E-state index is -0.288. The van der Waals surface area contributed by atoms with Crippen molar-refractivity contribution in [3.8, 4) is 5.75 Å². The Morgan fingerprint density at radius 1 is 1.21 bits per heavy atom. The van der Waals surface area contributed by atoms with Gasteiger partial charge in [0, 0.05) is 14.0 Å². The molecular formula is C17H22N4O3. The second-order valence-electron chi connectivity index (χ2n) is 5.69. The van der Waals surface area contributed by atoms with E-state index in [2.05, 4.69) is 15.7 Å². The number of amides is 2. The van der Waals surface area contributed by atoms with Crippen LogP contribution in [0.2, 0.25) is 0 Å². The number of hydrogen-bond donors (Lipinski definition) is 2. The summed E-state index contributed by atoms with van der Waals surface area (Å²) in [5, 5.41) is 9.75. The summed E-state index contributed by atoms with van der Waals surface area (Å²) >= 11 is 0. The van der Waals surface area contributed by atoms with Crippen molar-refractivity contribution in [3.63, 3.8) is 0 Å². The number of carbonyl (C=O) groups is 2. The summed E-state index contributed by atoms with van der Waals surface area (Å²) in [6, 6.07) is 5.39. The van der Waals surface area contributed by atoms with Crippen LogP contribution < -0.4 is 15.4 Å². The number of ether oxygens (including phenoxy) is 1. The Labute approximate surface area is 141 Å². The van der Waals surface area contributed by atoms with Crippen LogP contribution >= 0.6 is 0 Å². The quantitative estimate of drug-likeness (QED) is 0.881. The summed E-state index contributed by atoms with van der Waals surface area (Å²) in [5.41, 5.74) is 3.82. The highest BCUT2D eigenvalue weighted by molar-refractivity contribution is 5.93. The van der Waals surface area contributed by atoms with E-state index in [1.54, 1.807) is 16.8 Å². The Morgan fingerprint density at radius 3 is 2.50 bits per heavy atom. The Hall–Kier alpha value is -2.83. The number of hydrogen-bond acceptors (Lipinski definition) is 4. The molecule has 1 aromatic heterocycles. The number of aromatic nitrogens is 2. The van der Waals surface area contributed by atoms with Crippen molar-refractivity contribution in [2.75, 3.05) is 17.2 Å². The lowest BCUT2D eigenvalue weighted by Gasteiger charge is -2.13. The first-order chi connectivity index (χ1) is 11.3. The molecule has 2 aromatic rings. The number of rotatable bonds is 5. The summed E-state index contributed by atoms with van der Waals surface area (Å²) in [7, 11) is 1.82. The third-order valence-corrected chi connectivity index (χ3v) is 3.58. The van der Waals surface area contributed by atoms with E-state index >= 15 is 0 Å². The van der Waals surface area contributed by atoms with Gasteiger partial charge in [-0.3, -0.25) is 14.3 Å². The number of anilines is 2. The highest BCUT2D eigenvalue weighted by Gasteiger charge is 2.14. The molecule has 0 atom stereocenters. The molecule has 0 aliphatic heterocycles. The van der Waals surface area contributed by atoms with Crippen LogP contribution in [0.15, 0.2) is 18.2 Å². The van der Waals surface area contributed by atoms with Crippen LogP contribution in [0, 0.1) is 20.8 Å². The molecule has 2 amide bonds. The number of aryl methyl sites for hydroxylation is 3. The van der Waals surface area contributed by atoms with Crippen LogP contribution in [0.5, 0.6) is 5.75 Å². The Bertz CT molecular complexity index is 780. The molecule has 128 valence electrons. The summed E-state index contributed by atoms with van der Waals surface area (Å²) in [6.45, 7) is 6.88. The fraction of sp³-hybridized carbons (Fsp3) is 0.353. The Kier molecular flexibility index (Phi) is 5.23. The minimum absolute atomic E-state index is 0.163. The largest absolute Gasteiger partial charge is 0.482 e. The zero-order valence-electron chi connectivity index (χ0n) is 14.6. The van der Waals surface area contributed by atoms with E-state index < -0.39 is 0 Å². The van der Waals surface area contributed by atoms with E-state index in [-0.39, 0.29) is 18.4 Å².